The minimum atomic E-state index is 0.564. The number of hydrogen-bond acceptors (Lipinski definition) is 4. The fourth-order valence-electron chi connectivity index (χ4n) is 6.49. The van der Waals surface area contributed by atoms with Crippen molar-refractivity contribution in [3.05, 3.63) is 170 Å². The van der Waals surface area contributed by atoms with E-state index in [1.165, 1.54) is 0 Å². The molecule has 222 valence electrons. The predicted molar refractivity (Wildman–Crippen MR) is 192 cm³/mol. The maximum atomic E-state index is 6.74. The summed E-state index contributed by atoms with van der Waals surface area (Å²) in [6.07, 6.45) is 0. The Balaban J connectivity index is 1.40. The summed E-state index contributed by atoms with van der Waals surface area (Å²) in [6, 6.07) is 58.5. The van der Waals surface area contributed by atoms with Crippen LogP contribution < -0.4 is 4.90 Å². The Kier molecular flexibility index (Phi) is 6.43. The first kappa shape index (κ1) is 27.0. The highest BCUT2D eigenvalue weighted by Gasteiger charge is 2.28. The molecule has 0 fully saturated rings. The molecule has 7 aromatic carbocycles. The van der Waals surface area contributed by atoms with Gasteiger partial charge in [-0.05, 0) is 65.2 Å². The number of nitrogens with zero attached hydrogens (tertiary/aromatic N) is 2. The molecule has 9 rings (SSSR count). The summed E-state index contributed by atoms with van der Waals surface area (Å²) in [4.78, 5) is 7.32. The van der Waals surface area contributed by atoms with E-state index in [1.807, 2.05) is 60.7 Å². The van der Waals surface area contributed by atoms with Crippen molar-refractivity contribution < 1.29 is 8.83 Å². The van der Waals surface area contributed by atoms with Gasteiger partial charge in [0.05, 0.1) is 5.69 Å². The normalized spacial score (nSPS) is 11.4. The number of anilines is 3. The number of benzene rings is 7. The molecule has 0 aliphatic rings. The molecule has 0 aliphatic carbocycles. The first-order valence-corrected chi connectivity index (χ1v) is 15.7. The van der Waals surface area contributed by atoms with E-state index in [1.54, 1.807) is 0 Å². The fraction of sp³-hybridized carbons (Fsp3) is 0. The van der Waals surface area contributed by atoms with Crippen LogP contribution in [0.2, 0.25) is 0 Å². The highest BCUT2D eigenvalue weighted by Crippen LogP contribution is 2.49. The molecule has 9 aromatic rings. The minimum absolute atomic E-state index is 0.564. The third-order valence-corrected chi connectivity index (χ3v) is 8.69. The second-order valence-electron chi connectivity index (χ2n) is 11.6. The molecule has 0 saturated carbocycles. The molecule has 0 amide bonds. The zero-order valence-corrected chi connectivity index (χ0v) is 25.4. The smallest absolute Gasteiger partial charge is 0.227 e. The average Bonchev–Trinajstić information content (AvgIpc) is 3.75. The molecular weight excluding hydrogens is 576 g/mol. The molecule has 2 heterocycles. The Bertz CT molecular complexity index is 2500. The van der Waals surface area contributed by atoms with Crippen LogP contribution in [0.4, 0.5) is 17.1 Å². The molecule has 0 unspecified atom stereocenters. The number of furan rings is 1. The van der Waals surface area contributed by atoms with Gasteiger partial charge in [-0.15, -0.1) is 0 Å². The Labute approximate surface area is 271 Å². The maximum Gasteiger partial charge on any atom is 0.227 e. The van der Waals surface area contributed by atoms with Crippen molar-refractivity contribution in [1.82, 2.24) is 4.98 Å². The number of oxazole rings is 1. The molecular formula is C43H28N2O2. The van der Waals surface area contributed by atoms with E-state index in [2.05, 4.69) is 114 Å². The SMILES string of the molecule is c1ccc(-c2ccc(N(c3ccccc3)c3c4oc(-c5ccccc5)nc4cc4c3oc3ccccc34)c(-c3ccccc3)c2)cc1. The van der Waals surface area contributed by atoms with Crippen molar-refractivity contribution >= 4 is 50.1 Å². The topological polar surface area (TPSA) is 42.4 Å². The lowest BCUT2D eigenvalue weighted by Gasteiger charge is -2.28. The average molecular weight is 605 g/mol. The van der Waals surface area contributed by atoms with Crippen LogP contribution in [0.3, 0.4) is 0 Å². The summed E-state index contributed by atoms with van der Waals surface area (Å²) in [7, 11) is 0. The summed E-state index contributed by atoms with van der Waals surface area (Å²) in [5.74, 6) is 0.564. The van der Waals surface area contributed by atoms with E-state index in [4.69, 9.17) is 13.8 Å². The Morgan fingerprint density at radius 2 is 1.06 bits per heavy atom. The van der Waals surface area contributed by atoms with E-state index in [0.29, 0.717) is 11.5 Å². The van der Waals surface area contributed by atoms with Gasteiger partial charge in [-0.3, -0.25) is 0 Å². The molecule has 0 aliphatic heterocycles. The van der Waals surface area contributed by atoms with Crippen molar-refractivity contribution in [3.63, 3.8) is 0 Å². The van der Waals surface area contributed by atoms with Crippen molar-refractivity contribution in [3.8, 4) is 33.7 Å². The quantitative estimate of drug-likeness (QED) is 0.189. The zero-order chi connectivity index (χ0) is 31.2. The van der Waals surface area contributed by atoms with Crippen molar-refractivity contribution in [1.29, 1.82) is 0 Å². The number of para-hydroxylation sites is 2. The second kappa shape index (κ2) is 11.2. The summed E-state index contributed by atoms with van der Waals surface area (Å²) < 4.78 is 13.5. The van der Waals surface area contributed by atoms with E-state index in [-0.39, 0.29) is 0 Å². The molecule has 0 atom stereocenters. The lowest BCUT2D eigenvalue weighted by molar-refractivity contribution is 0.618. The first-order chi connectivity index (χ1) is 23.3. The molecule has 0 radical (unpaired) electrons. The molecule has 47 heavy (non-hydrogen) atoms. The molecule has 0 N–H and O–H groups in total. The third-order valence-electron chi connectivity index (χ3n) is 8.69. The highest BCUT2D eigenvalue weighted by molar-refractivity contribution is 6.18. The van der Waals surface area contributed by atoms with Gasteiger partial charge in [0.2, 0.25) is 5.89 Å². The molecule has 0 spiro atoms. The summed E-state index contributed by atoms with van der Waals surface area (Å²) >= 11 is 0. The molecule has 4 nitrogen and oxygen atoms in total. The molecule has 2 aromatic heterocycles. The van der Waals surface area contributed by atoms with Crippen LogP contribution in [0.25, 0.3) is 66.7 Å². The molecule has 0 saturated heterocycles. The van der Waals surface area contributed by atoms with Gasteiger partial charge in [0.1, 0.15) is 16.8 Å². The Morgan fingerprint density at radius 1 is 0.447 bits per heavy atom. The van der Waals surface area contributed by atoms with Crippen LogP contribution in [-0.2, 0) is 0 Å². The lowest BCUT2D eigenvalue weighted by atomic mass is 9.96. The number of fused-ring (bicyclic) bond motifs is 4. The van der Waals surface area contributed by atoms with Crippen molar-refractivity contribution in [2.45, 2.75) is 0 Å². The van der Waals surface area contributed by atoms with Gasteiger partial charge in [0, 0.05) is 27.6 Å². The van der Waals surface area contributed by atoms with Gasteiger partial charge in [-0.2, -0.15) is 0 Å². The standard InChI is InChI=1S/C43H28N2O2/c1-5-15-29(16-6-1)32-25-26-38(35(27-32)30-17-7-2-8-18-30)45(33-21-11-4-12-22-33)40-41-36(34-23-13-14-24-39(34)46-41)28-37-42(40)47-43(44-37)31-19-9-3-10-20-31/h1-28H. The van der Waals surface area contributed by atoms with Gasteiger partial charge < -0.3 is 13.7 Å². The van der Waals surface area contributed by atoms with Gasteiger partial charge >= 0.3 is 0 Å². The van der Waals surface area contributed by atoms with Gasteiger partial charge in [0.15, 0.2) is 11.2 Å². The number of aromatic nitrogens is 1. The fourth-order valence-corrected chi connectivity index (χ4v) is 6.49. The van der Waals surface area contributed by atoms with Crippen LogP contribution in [0.1, 0.15) is 0 Å². The Hall–Kier alpha value is -6.39. The number of hydrogen-bond donors (Lipinski definition) is 0. The van der Waals surface area contributed by atoms with Crippen LogP contribution in [0, 0.1) is 0 Å². The Morgan fingerprint density at radius 3 is 1.79 bits per heavy atom. The largest absolute Gasteiger partial charge is 0.454 e. The maximum absolute atomic E-state index is 6.74. The van der Waals surface area contributed by atoms with Gasteiger partial charge in [-0.25, -0.2) is 4.98 Å². The summed E-state index contributed by atoms with van der Waals surface area (Å²) in [5.41, 5.74) is 11.2. The first-order valence-electron chi connectivity index (χ1n) is 15.7. The summed E-state index contributed by atoms with van der Waals surface area (Å²) in [6.45, 7) is 0. The van der Waals surface area contributed by atoms with Crippen LogP contribution in [-0.4, -0.2) is 4.98 Å². The van der Waals surface area contributed by atoms with E-state index in [0.717, 1.165) is 72.3 Å². The minimum Gasteiger partial charge on any atom is -0.454 e. The van der Waals surface area contributed by atoms with E-state index < -0.39 is 0 Å². The predicted octanol–water partition coefficient (Wildman–Crippen LogP) is 12.2. The number of rotatable bonds is 6. The van der Waals surface area contributed by atoms with Crippen molar-refractivity contribution in [2.75, 3.05) is 4.90 Å². The van der Waals surface area contributed by atoms with E-state index >= 15 is 0 Å². The second-order valence-corrected chi connectivity index (χ2v) is 11.6. The highest BCUT2D eigenvalue weighted by atomic mass is 16.4. The van der Waals surface area contributed by atoms with Crippen LogP contribution in [0.5, 0.6) is 0 Å². The molecule has 0 bridgehead atoms. The third kappa shape index (κ3) is 4.66. The van der Waals surface area contributed by atoms with E-state index in [9.17, 15) is 0 Å². The van der Waals surface area contributed by atoms with Crippen LogP contribution >= 0.6 is 0 Å². The van der Waals surface area contributed by atoms with Crippen molar-refractivity contribution in [2.24, 2.45) is 0 Å². The molecule has 4 heteroatoms. The van der Waals surface area contributed by atoms with Crippen LogP contribution in [0.15, 0.2) is 179 Å². The monoisotopic (exact) mass is 604 g/mol. The summed E-state index contributed by atoms with van der Waals surface area (Å²) in [5, 5.41) is 2.02. The van der Waals surface area contributed by atoms with Gasteiger partial charge in [-0.1, -0.05) is 121 Å². The zero-order valence-electron chi connectivity index (χ0n) is 25.4. The van der Waals surface area contributed by atoms with Gasteiger partial charge in [0.25, 0.3) is 0 Å². The lowest BCUT2D eigenvalue weighted by Crippen LogP contribution is -2.12.